The highest BCUT2D eigenvalue weighted by molar-refractivity contribution is 7.89. The maximum atomic E-state index is 13.0. The number of hydrogen-bond donors (Lipinski definition) is 1. The number of nitrogens with one attached hydrogen (secondary N) is 1. The third-order valence-electron chi connectivity index (χ3n) is 5.53. The van der Waals surface area contributed by atoms with Gasteiger partial charge in [-0.1, -0.05) is 61.4 Å². The molecule has 27 heavy (non-hydrogen) atoms. The summed E-state index contributed by atoms with van der Waals surface area (Å²) in [5.41, 5.74) is 1.84. The lowest BCUT2D eigenvalue weighted by atomic mass is 9.72. The van der Waals surface area contributed by atoms with Crippen LogP contribution in [0.3, 0.4) is 0 Å². The smallest absolute Gasteiger partial charge is 0.241 e. The molecule has 3 atom stereocenters. The molecule has 1 aliphatic carbocycles. The molecule has 0 heterocycles. The van der Waals surface area contributed by atoms with Crippen LogP contribution in [-0.4, -0.2) is 14.2 Å². The van der Waals surface area contributed by atoms with E-state index in [9.17, 15) is 13.2 Å². The van der Waals surface area contributed by atoms with E-state index in [1.54, 1.807) is 24.3 Å². The standard InChI is InChI=1S/C22H27NO3S/c1-3-17-10-7-11-20(24)21(17)22(18-8-5-4-6-9-18)23-27(25,26)19-14-12-16(2)13-15-19/h4-6,8-9,12-15,17,21-23H,3,7,10-11H2,1-2H3/t17-,21+,22-/m0/s1. The van der Waals surface area contributed by atoms with Gasteiger partial charge in [-0.3, -0.25) is 4.79 Å². The fraction of sp³-hybridized carbons (Fsp3) is 0.409. The molecule has 1 aliphatic rings. The summed E-state index contributed by atoms with van der Waals surface area (Å²) in [4.78, 5) is 13.0. The molecule has 144 valence electrons. The van der Waals surface area contributed by atoms with E-state index < -0.39 is 16.1 Å². The first kappa shape index (κ1) is 19.8. The zero-order chi connectivity index (χ0) is 19.4. The number of carbonyl (C=O) groups excluding carboxylic acids is 1. The van der Waals surface area contributed by atoms with Gasteiger partial charge >= 0.3 is 0 Å². The minimum atomic E-state index is -3.73. The van der Waals surface area contributed by atoms with Crippen molar-refractivity contribution < 1.29 is 13.2 Å². The van der Waals surface area contributed by atoms with Crippen LogP contribution in [0.2, 0.25) is 0 Å². The van der Waals surface area contributed by atoms with Gasteiger partial charge in [-0.05, 0) is 43.4 Å². The van der Waals surface area contributed by atoms with E-state index in [-0.39, 0.29) is 22.5 Å². The molecular formula is C22H27NO3S. The van der Waals surface area contributed by atoms with Gasteiger partial charge in [0.05, 0.1) is 10.9 Å². The van der Waals surface area contributed by atoms with Gasteiger partial charge in [0.1, 0.15) is 5.78 Å². The average Bonchev–Trinajstić information content (AvgIpc) is 2.67. The Morgan fingerprint density at radius 2 is 1.74 bits per heavy atom. The van der Waals surface area contributed by atoms with Crippen molar-refractivity contribution in [2.45, 2.75) is 50.5 Å². The lowest BCUT2D eigenvalue weighted by Gasteiger charge is -2.36. The van der Waals surface area contributed by atoms with Crippen molar-refractivity contribution in [1.82, 2.24) is 4.72 Å². The van der Waals surface area contributed by atoms with E-state index in [2.05, 4.69) is 11.6 Å². The van der Waals surface area contributed by atoms with E-state index in [4.69, 9.17) is 0 Å². The van der Waals surface area contributed by atoms with E-state index >= 15 is 0 Å². The Labute approximate surface area is 162 Å². The van der Waals surface area contributed by atoms with E-state index in [1.165, 1.54) is 0 Å². The summed E-state index contributed by atoms with van der Waals surface area (Å²) in [5.74, 6) is 0.0251. The molecular weight excluding hydrogens is 358 g/mol. The summed E-state index contributed by atoms with van der Waals surface area (Å²) >= 11 is 0. The van der Waals surface area contributed by atoms with Crippen molar-refractivity contribution in [3.8, 4) is 0 Å². The quantitative estimate of drug-likeness (QED) is 0.801. The summed E-state index contributed by atoms with van der Waals surface area (Å²) in [5, 5.41) is 0. The van der Waals surface area contributed by atoms with Crippen LogP contribution in [0.4, 0.5) is 0 Å². The second-order valence-corrected chi connectivity index (χ2v) is 9.09. The minimum absolute atomic E-state index is 0.161. The topological polar surface area (TPSA) is 63.2 Å². The van der Waals surface area contributed by atoms with Crippen molar-refractivity contribution in [3.05, 3.63) is 65.7 Å². The van der Waals surface area contributed by atoms with Gasteiger partial charge in [-0.25, -0.2) is 13.1 Å². The lowest BCUT2D eigenvalue weighted by molar-refractivity contribution is -0.127. The Balaban J connectivity index is 2.00. The van der Waals surface area contributed by atoms with Crippen LogP contribution < -0.4 is 4.72 Å². The van der Waals surface area contributed by atoms with Gasteiger partial charge in [-0.2, -0.15) is 0 Å². The van der Waals surface area contributed by atoms with Crippen LogP contribution in [0, 0.1) is 18.8 Å². The van der Waals surface area contributed by atoms with Gasteiger partial charge in [0, 0.05) is 12.3 Å². The monoisotopic (exact) mass is 385 g/mol. The summed E-state index contributed by atoms with van der Waals surface area (Å²) < 4.78 is 29.0. The van der Waals surface area contributed by atoms with Crippen molar-refractivity contribution in [2.24, 2.45) is 11.8 Å². The first-order valence-corrected chi connectivity index (χ1v) is 11.1. The van der Waals surface area contributed by atoms with E-state index in [0.717, 1.165) is 30.4 Å². The fourth-order valence-corrected chi connectivity index (χ4v) is 5.27. The molecule has 4 nitrogen and oxygen atoms in total. The highest BCUT2D eigenvalue weighted by atomic mass is 32.2. The van der Waals surface area contributed by atoms with E-state index in [0.29, 0.717) is 6.42 Å². The highest BCUT2D eigenvalue weighted by Gasteiger charge is 2.39. The number of sulfonamides is 1. The van der Waals surface area contributed by atoms with Gasteiger partial charge in [0.2, 0.25) is 10.0 Å². The molecule has 1 N–H and O–H groups in total. The normalized spacial score (nSPS) is 21.8. The van der Waals surface area contributed by atoms with Crippen molar-refractivity contribution in [2.75, 3.05) is 0 Å². The van der Waals surface area contributed by atoms with Crippen molar-refractivity contribution in [1.29, 1.82) is 0 Å². The lowest BCUT2D eigenvalue weighted by Crippen LogP contribution is -2.42. The number of aryl methyl sites for hydroxylation is 1. The Kier molecular flexibility index (Phi) is 6.12. The number of hydrogen-bond acceptors (Lipinski definition) is 3. The molecule has 2 aromatic carbocycles. The number of benzene rings is 2. The molecule has 0 spiro atoms. The van der Waals surface area contributed by atoms with Crippen LogP contribution in [0.1, 0.15) is 49.8 Å². The number of Topliss-reactive ketones (excluding diaryl/α,β-unsaturated/α-hetero) is 1. The second kappa shape index (κ2) is 8.36. The molecule has 5 heteroatoms. The Morgan fingerprint density at radius 3 is 2.37 bits per heavy atom. The zero-order valence-electron chi connectivity index (χ0n) is 15.9. The molecule has 1 saturated carbocycles. The Hall–Kier alpha value is -1.98. The number of rotatable bonds is 6. The molecule has 2 aromatic rings. The number of carbonyl (C=O) groups is 1. The largest absolute Gasteiger partial charge is 0.299 e. The molecule has 0 unspecified atom stereocenters. The van der Waals surface area contributed by atoms with Crippen molar-refractivity contribution >= 4 is 15.8 Å². The molecule has 0 aliphatic heterocycles. The molecule has 3 rings (SSSR count). The van der Waals surface area contributed by atoms with Crippen molar-refractivity contribution in [3.63, 3.8) is 0 Å². The Bertz CT molecular complexity index is 876. The summed E-state index contributed by atoms with van der Waals surface area (Å²) in [6.45, 7) is 4.00. The summed E-state index contributed by atoms with van der Waals surface area (Å²) in [7, 11) is -3.73. The molecule has 0 bridgehead atoms. The fourth-order valence-electron chi connectivity index (χ4n) is 4.03. The predicted octanol–water partition coefficient (Wildman–Crippen LogP) is 4.41. The van der Waals surface area contributed by atoms with Gasteiger partial charge in [0.25, 0.3) is 0 Å². The van der Waals surface area contributed by atoms with Crippen LogP contribution in [0.25, 0.3) is 0 Å². The van der Waals surface area contributed by atoms with Gasteiger partial charge in [-0.15, -0.1) is 0 Å². The molecule has 0 saturated heterocycles. The van der Waals surface area contributed by atoms with Crippen LogP contribution in [0.15, 0.2) is 59.5 Å². The highest BCUT2D eigenvalue weighted by Crippen LogP contribution is 2.39. The van der Waals surface area contributed by atoms with Crippen LogP contribution >= 0.6 is 0 Å². The van der Waals surface area contributed by atoms with Crippen LogP contribution in [0.5, 0.6) is 0 Å². The van der Waals surface area contributed by atoms with Gasteiger partial charge < -0.3 is 0 Å². The van der Waals surface area contributed by atoms with Crippen LogP contribution in [-0.2, 0) is 14.8 Å². The average molecular weight is 386 g/mol. The molecule has 0 radical (unpaired) electrons. The SMILES string of the molecule is CC[C@H]1CCCC(=O)[C@@H]1[C@@H](NS(=O)(=O)c1ccc(C)cc1)c1ccccc1. The first-order chi connectivity index (χ1) is 12.9. The second-order valence-electron chi connectivity index (χ2n) is 7.38. The third-order valence-corrected chi connectivity index (χ3v) is 6.99. The van der Waals surface area contributed by atoms with Gasteiger partial charge in [0.15, 0.2) is 0 Å². The summed E-state index contributed by atoms with van der Waals surface area (Å²) in [6, 6.07) is 15.7. The van der Waals surface area contributed by atoms with E-state index in [1.807, 2.05) is 37.3 Å². The molecule has 1 fully saturated rings. The third kappa shape index (κ3) is 4.47. The minimum Gasteiger partial charge on any atom is -0.299 e. The summed E-state index contributed by atoms with van der Waals surface area (Å²) in [6.07, 6.45) is 3.24. The maximum absolute atomic E-state index is 13.0. The first-order valence-electron chi connectivity index (χ1n) is 9.59. The zero-order valence-corrected chi connectivity index (χ0v) is 16.7. The maximum Gasteiger partial charge on any atom is 0.241 e. The predicted molar refractivity (Wildman–Crippen MR) is 107 cm³/mol. The molecule has 0 amide bonds. The Morgan fingerprint density at radius 1 is 1.07 bits per heavy atom. The number of ketones is 1. The molecule has 0 aromatic heterocycles.